The molecule has 379 valence electrons. The van der Waals surface area contributed by atoms with Crippen LogP contribution in [0.4, 0.5) is 11.4 Å². The third-order valence-electron chi connectivity index (χ3n) is 15.1. The van der Waals surface area contributed by atoms with Crippen molar-refractivity contribution in [3.05, 3.63) is 72.3 Å². The van der Waals surface area contributed by atoms with Gasteiger partial charge in [-0.1, -0.05) is 89.6 Å². The van der Waals surface area contributed by atoms with Crippen LogP contribution in [-0.4, -0.2) is 97.5 Å². The van der Waals surface area contributed by atoms with E-state index in [9.17, 15) is 19.2 Å². The van der Waals surface area contributed by atoms with E-state index in [1.54, 1.807) is 12.1 Å². The standard InChI is InChI=1S/C54H78N2O11Si2/c1-16-17-33-68(12,13)52(8,9)67-69(14,15)50(4,5)29-20-30-61-31-32-62-45(57)27-28-46(58)63-36-53(10,37-64-48(59)38(2)3)49(60)65-40-25-23-39-24-26-44-47(41(39)34-40)55-35-54(66-44)51(6,7)42-21-18-19-22-43(42)56(54)11/h18-19,21-26,34-35H,2,16-17,20,27-33,36-37H2,1,3-15H3/q-1. The number of benzene rings is 3. The summed E-state index contributed by atoms with van der Waals surface area (Å²) in [5, 5.41) is 1.45. The Labute approximate surface area is 412 Å². The lowest BCUT2D eigenvalue weighted by Crippen LogP contribution is -2.61. The monoisotopic (exact) mass is 987 g/mol. The highest BCUT2D eigenvalue weighted by Crippen LogP contribution is 2.54. The largest absolute Gasteiger partial charge is 0.464 e. The molecule has 69 heavy (non-hydrogen) atoms. The zero-order valence-corrected chi connectivity index (χ0v) is 45.9. The second-order valence-corrected chi connectivity index (χ2v) is 32.0. The Bertz CT molecular complexity index is 2410. The molecule has 0 N–H and O–H groups in total. The van der Waals surface area contributed by atoms with Gasteiger partial charge in [0.25, 0.3) is 0 Å². The first-order chi connectivity index (χ1) is 32.1. The first kappa shape index (κ1) is 55.1. The van der Waals surface area contributed by atoms with Crippen molar-refractivity contribution in [3.63, 3.8) is 0 Å². The van der Waals surface area contributed by atoms with E-state index >= 15 is 0 Å². The summed E-state index contributed by atoms with van der Waals surface area (Å²) in [7, 11) is -1.69. The van der Waals surface area contributed by atoms with Gasteiger partial charge in [0, 0.05) is 30.3 Å². The van der Waals surface area contributed by atoms with E-state index in [0.29, 0.717) is 23.4 Å². The van der Waals surface area contributed by atoms with Crippen LogP contribution < -0.4 is 14.4 Å². The molecule has 0 amide bonds. The summed E-state index contributed by atoms with van der Waals surface area (Å²) in [5.41, 5.74) is -0.0312. The normalized spacial score (nSPS) is 17.4. The topological polar surface area (TPSA) is 148 Å². The molecule has 13 nitrogen and oxygen atoms in total. The molecule has 0 saturated heterocycles. The fourth-order valence-corrected chi connectivity index (χ4v) is 14.9. The molecule has 3 aromatic rings. The van der Waals surface area contributed by atoms with E-state index in [1.165, 1.54) is 32.7 Å². The number of carbonyl (C=O) groups is 4. The summed E-state index contributed by atoms with van der Waals surface area (Å²) < 4.78 is 41.8. The Morgan fingerprint density at radius 2 is 1.52 bits per heavy atom. The second-order valence-electron chi connectivity index (χ2n) is 22.0. The summed E-state index contributed by atoms with van der Waals surface area (Å²) in [6.45, 7) is 31.7. The van der Waals surface area contributed by atoms with Gasteiger partial charge >= 0.3 is 23.9 Å². The van der Waals surface area contributed by atoms with Crippen molar-refractivity contribution in [3.8, 4) is 11.5 Å². The summed E-state index contributed by atoms with van der Waals surface area (Å²) in [6.07, 6.45) is 5.57. The molecule has 2 atom stereocenters. The summed E-state index contributed by atoms with van der Waals surface area (Å²) in [6, 6.07) is 18.4. The first-order valence-electron chi connectivity index (χ1n) is 24.4. The Hall–Kier alpha value is -4.84. The van der Waals surface area contributed by atoms with E-state index in [4.69, 9.17) is 37.8 Å². The van der Waals surface area contributed by atoms with Gasteiger partial charge < -0.3 is 37.7 Å². The zero-order chi connectivity index (χ0) is 51.2. The maximum Gasteiger partial charge on any atom is 0.333 e. The van der Waals surface area contributed by atoms with Crippen molar-refractivity contribution in [2.24, 2.45) is 10.4 Å². The maximum atomic E-state index is 13.9. The number of likely N-dealkylation sites (N-methyl/N-ethyl adjacent to an activating group) is 1. The number of fused-ring (bicyclic) bond motifs is 4. The highest BCUT2D eigenvalue weighted by atomic mass is 28.4. The quantitative estimate of drug-likeness (QED) is 0.0210. The molecule has 15 heteroatoms. The molecule has 2 aliphatic heterocycles. The Kier molecular flexibility index (Phi) is 17.3. The number of rotatable bonds is 24. The minimum absolute atomic E-state index is 0.0320. The summed E-state index contributed by atoms with van der Waals surface area (Å²) in [5.74, 6) is -2.09. The molecule has 2 aliphatic rings. The van der Waals surface area contributed by atoms with Crippen LogP contribution in [0.2, 0.25) is 37.3 Å². The van der Waals surface area contributed by atoms with Crippen LogP contribution in [0.1, 0.15) is 106 Å². The predicted molar refractivity (Wildman–Crippen MR) is 278 cm³/mol. The number of para-hydroxylation sites is 1. The molecule has 2 unspecified atom stereocenters. The van der Waals surface area contributed by atoms with E-state index in [0.717, 1.165) is 29.5 Å². The summed E-state index contributed by atoms with van der Waals surface area (Å²) >= 11 is 0. The second kappa shape index (κ2) is 21.7. The van der Waals surface area contributed by atoms with Crippen molar-refractivity contribution in [2.75, 3.05) is 45.0 Å². The number of unbranched alkanes of at least 4 members (excludes halogenated alkanes) is 1. The van der Waals surface area contributed by atoms with Crippen molar-refractivity contribution < 1.29 is 52.0 Å². The van der Waals surface area contributed by atoms with Gasteiger partial charge in [0.2, 0.25) is 5.72 Å². The van der Waals surface area contributed by atoms with Crippen molar-refractivity contribution >= 4 is 68.6 Å². The fraction of sp³-hybridized carbons (Fsp3) is 0.574. The maximum absolute atomic E-state index is 13.9. The molecule has 0 fully saturated rings. The number of anilines is 1. The van der Waals surface area contributed by atoms with Crippen LogP contribution in [0.15, 0.2) is 71.7 Å². The highest BCUT2D eigenvalue weighted by Gasteiger charge is 2.58. The predicted octanol–water partition coefficient (Wildman–Crippen LogP) is 11.6. The van der Waals surface area contributed by atoms with Gasteiger partial charge in [0.15, 0.2) is 8.32 Å². The van der Waals surface area contributed by atoms with Crippen molar-refractivity contribution in [1.82, 2.24) is 0 Å². The van der Waals surface area contributed by atoms with Crippen LogP contribution >= 0.6 is 0 Å². The molecule has 0 bridgehead atoms. The van der Waals surface area contributed by atoms with Crippen LogP contribution in [0.3, 0.4) is 0 Å². The molecular weight excluding hydrogens is 909 g/mol. The highest BCUT2D eigenvalue weighted by molar-refractivity contribution is 6.82. The van der Waals surface area contributed by atoms with Crippen LogP contribution in [-0.2, 0) is 48.0 Å². The summed E-state index contributed by atoms with van der Waals surface area (Å²) in [4.78, 5) is 59.0. The number of esters is 4. The Balaban J connectivity index is 1.11. The lowest BCUT2D eigenvalue weighted by Gasteiger charge is -2.56. The van der Waals surface area contributed by atoms with Gasteiger partial charge in [-0.05, 0) is 93.9 Å². The van der Waals surface area contributed by atoms with Crippen LogP contribution in [0.5, 0.6) is 11.5 Å². The van der Waals surface area contributed by atoms with E-state index in [2.05, 4.69) is 98.3 Å². The molecule has 0 saturated carbocycles. The van der Waals surface area contributed by atoms with Gasteiger partial charge in [-0.3, -0.25) is 19.4 Å². The first-order valence-corrected chi connectivity index (χ1v) is 30.5. The van der Waals surface area contributed by atoms with Gasteiger partial charge in [-0.15, -0.1) is 8.07 Å². The molecule has 0 aromatic heterocycles. The lowest BCUT2D eigenvalue weighted by molar-refractivity contribution is -0.164. The molecule has 2 heterocycles. The zero-order valence-electron chi connectivity index (χ0n) is 43.9. The molecule has 0 radical (unpaired) electrons. The van der Waals surface area contributed by atoms with Crippen LogP contribution in [0.25, 0.3) is 10.8 Å². The average Bonchev–Trinajstić information content (AvgIpc) is 3.44. The van der Waals surface area contributed by atoms with E-state index in [1.807, 2.05) is 43.6 Å². The minimum atomic E-state index is -2.09. The molecule has 0 aliphatic carbocycles. The number of carbonyl (C=O) groups excluding carboxylic acids is 4. The molecule has 3 aromatic carbocycles. The van der Waals surface area contributed by atoms with Crippen molar-refractivity contribution in [1.29, 1.82) is 0 Å². The van der Waals surface area contributed by atoms with Gasteiger partial charge in [-0.25, -0.2) is 4.79 Å². The molecule has 1 spiro atoms. The fourth-order valence-electron chi connectivity index (χ4n) is 8.81. The number of hydrogen-bond acceptors (Lipinski definition) is 13. The molecule has 5 rings (SSSR count). The average molecular weight is 987 g/mol. The van der Waals surface area contributed by atoms with Gasteiger partial charge in [0.1, 0.15) is 42.4 Å². The van der Waals surface area contributed by atoms with E-state index < -0.39 is 70.0 Å². The number of ether oxygens (including phenoxy) is 6. The number of hydrogen-bond donors (Lipinski definition) is 0. The molecular formula is C54H78N2O11Si2-. The number of aliphatic imine (C=N–C) groups is 1. The SMILES string of the molecule is C=C(C)C(=O)OCC(C)(COC(=O)CCC(=O)OCCOCCCC(C)(C)[Si](C)(C)OC(C)(C)[Si-](C)(C)CCCC)C(=O)Oc1ccc2ccc3c(c2c1)N=CC1(O3)N(C)c2ccccc2C1(C)C. The van der Waals surface area contributed by atoms with Gasteiger partial charge in [-0.2, -0.15) is 19.1 Å². The van der Waals surface area contributed by atoms with Crippen LogP contribution in [0, 0.1) is 5.41 Å². The number of nitrogens with zero attached hydrogens (tertiary/aromatic N) is 2. The van der Waals surface area contributed by atoms with E-state index in [-0.39, 0.29) is 47.6 Å². The Morgan fingerprint density at radius 3 is 2.19 bits per heavy atom. The lowest BCUT2D eigenvalue weighted by atomic mass is 9.77. The Morgan fingerprint density at radius 1 is 0.870 bits per heavy atom. The third kappa shape index (κ3) is 12.2. The van der Waals surface area contributed by atoms with Crippen molar-refractivity contribution in [2.45, 2.75) is 154 Å². The smallest absolute Gasteiger partial charge is 0.333 e. The van der Waals surface area contributed by atoms with Gasteiger partial charge in [0.05, 0.1) is 31.1 Å². The minimum Gasteiger partial charge on any atom is -0.464 e. The third-order valence-corrected chi connectivity index (χ3v) is 24.8.